The number of rotatable bonds is 4. The van der Waals surface area contributed by atoms with Crippen LogP contribution in [0.25, 0.3) is 0 Å². The van der Waals surface area contributed by atoms with Gasteiger partial charge in [-0.2, -0.15) is 14.2 Å². The molecule has 3 heterocycles. The molecular weight excluding hydrogens is 484 g/mol. The molecule has 0 saturated carbocycles. The molecule has 0 aliphatic carbocycles. The number of fused-ring (bicyclic) bond motifs is 1. The Kier molecular flexibility index (Phi) is 7.22. The summed E-state index contributed by atoms with van der Waals surface area (Å²) in [5.74, 6) is 3.72. The van der Waals surface area contributed by atoms with Gasteiger partial charge in [-0.25, -0.2) is 14.2 Å². The predicted octanol–water partition coefficient (Wildman–Crippen LogP) is 2.50. The third-order valence-electron chi connectivity index (χ3n) is 5.65. The Morgan fingerprint density at radius 3 is 2.84 bits per heavy atom. The largest absolute Gasteiger partial charge is 0.486 e. The minimum Gasteiger partial charge on any atom is -0.486 e. The highest BCUT2D eigenvalue weighted by Crippen LogP contribution is 2.34. The van der Waals surface area contributed by atoms with Crippen LogP contribution in [-0.2, 0) is 11.2 Å². The molecule has 0 radical (unpaired) electrons. The molecule has 0 bridgehead atoms. The number of carbonyl (C=O) groups excluding carboxylic acids is 2. The molecular formula is C26H25F2N5O4. The van der Waals surface area contributed by atoms with Crippen LogP contribution in [0.2, 0.25) is 0 Å². The second kappa shape index (κ2) is 10.4. The maximum atomic E-state index is 14.9. The van der Waals surface area contributed by atoms with E-state index < -0.39 is 35.2 Å². The predicted molar refractivity (Wildman–Crippen MR) is 130 cm³/mol. The van der Waals surface area contributed by atoms with Gasteiger partial charge in [0.2, 0.25) is 5.95 Å². The van der Waals surface area contributed by atoms with Gasteiger partial charge in [-0.05, 0) is 43.7 Å². The van der Waals surface area contributed by atoms with Crippen molar-refractivity contribution in [2.75, 3.05) is 25.2 Å². The normalized spacial score (nSPS) is 15.2. The number of anilines is 1. The van der Waals surface area contributed by atoms with Crippen molar-refractivity contribution in [3.05, 3.63) is 71.3 Å². The Morgan fingerprint density at radius 1 is 1.32 bits per heavy atom. The molecule has 0 unspecified atom stereocenters. The van der Waals surface area contributed by atoms with Crippen molar-refractivity contribution >= 4 is 17.6 Å². The fourth-order valence-electron chi connectivity index (χ4n) is 3.55. The van der Waals surface area contributed by atoms with Crippen LogP contribution in [0, 0.1) is 29.0 Å². The molecule has 11 heteroatoms. The molecule has 0 fully saturated rings. The Morgan fingerprint density at radius 2 is 2.11 bits per heavy atom. The van der Waals surface area contributed by atoms with Gasteiger partial charge in [0.25, 0.3) is 5.91 Å². The molecule has 4 rings (SSSR count). The minimum absolute atomic E-state index is 0.136. The van der Waals surface area contributed by atoms with Gasteiger partial charge in [0, 0.05) is 36.3 Å². The molecule has 37 heavy (non-hydrogen) atoms. The lowest BCUT2D eigenvalue weighted by Crippen LogP contribution is -2.50. The van der Waals surface area contributed by atoms with Gasteiger partial charge in [-0.3, -0.25) is 4.79 Å². The van der Waals surface area contributed by atoms with Crippen LogP contribution in [0.1, 0.15) is 30.7 Å². The van der Waals surface area contributed by atoms with Crippen LogP contribution in [0.15, 0.2) is 42.7 Å². The highest BCUT2D eigenvalue weighted by Gasteiger charge is 2.32. The van der Waals surface area contributed by atoms with Gasteiger partial charge in [-0.1, -0.05) is 17.9 Å². The number of likely N-dealkylation sites (N-methyl/N-ethyl adjacent to an activating group) is 1. The van der Waals surface area contributed by atoms with Gasteiger partial charge < -0.3 is 20.1 Å². The van der Waals surface area contributed by atoms with E-state index in [2.05, 4.69) is 27.2 Å². The zero-order valence-electron chi connectivity index (χ0n) is 20.5. The van der Waals surface area contributed by atoms with E-state index in [1.807, 2.05) is 0 Å². The number of halogens is 2. The summed E-state index contributed by atoms with van der Waals surface area (Å²) in [6.07, 6.45) is 3.14. The number of aliphatic hydroxyl groups excluding tert-OH is 1. The smallest absolute Gasteiger partial charge is 0.342 e. The second-order valence-corrected chi connectivity index (χ2v) is 9.23. The number of nitrogens with one attached hydrogen (secondary N) is 1. The van der Waals surface area contributed by atoms with Gasteiger partial charge in [0.15, 0.2) is 11.6 Å². The molecule has 2 N–H and O–H groups in total. The van der Waals surface area contributed by atoms with E-state index >= 15 is 0 Å². The van der Waals surface area contributed by atoms with Gasteiger partial charge in [0.1, 0.15) is 12.6 Å². The first-order valence-electron chi connectivity index (χ1n) is 11.4. The topological polar surface area (TPSA) is 110 Å². The molecule has 9 nitrogen and oxygen atoms in total. The van der Waals surface area contributed by atoms with Crippen LogP contribution in [0.5, 0.6) is 5.75 Å². The van der Waals surface area contributed by atoms with E-state index in [1.54, 1.807) is 19.9 Å². The summed E-state index contributed by atoms with van der Waals surface area (Å²) in [5, 5.41) is 15.9. The van der Waals surface area contributed by atoms with E-state index in [4.69, 9.17) is 4.74 Å². The summed E-state index contributed by atoms with van der Waals surface area (Å²) in [5.41, 5.74) is 0.869. The number of hydrogen-bond donors (Lipinski definition) is 2. The number of hydrogen-bond acceptors (Lipinski definition) is 6. The van der Waals surface area contributed by atoms with Crippen LogP contribution in [-0.4, -0.2) is 58.1 Å². The second-order valence-electron chi connectivity index (χ2n) is 9.23. The number of nitrogens with zero attached hydrogens (tertiary/aromatic N) is 4. The summed E-state index contributed by atoms with van der Waals surface area (Å²) >= 11 is 0. The maximum absolute atomic E-state index is 14.9. The molecule has 2 aromatic heterocycles. The molecule has 0 saturated heterocycles. The van der Waals surface area contributed by atoms with E-state index in [1.165, 1.54) is 48.6 Å². The Labute approximate surface area is 212 Å². The molecule has 1 aromatic carbocycles. The lowest BCUT2D eigenvalue weighted by atomic mass is 9.95. The first-order chi connectivity index (χ1) is 17.6. The molecule has 1 atom stereocenters. The third-order valence-corrected chi connectivity index (χ3v) is 5.65. The van der Waals surface area contributed by atoms with Crippen molar-refractivity contribution in [3.8, 4) is 17.6 Å². The zero-order chi connectivity index (χ0) is 26.7. The lowest BCUT2D eigenvalue weighted by molar-refractivity contribution is -0.120. The Hall–Kier alpha value is -4.30. The van der Waals surface area contributed by atoms with Crippen molar-refractivity contribution < 1.29 is 28.2 Å². The molecule has 1 aliphatic rings. The average molecular weight is 510 g/mol. The van der Waals surface area contributed by atoms with Crippen molar-refractivity contribution in [3.63, 3.8) is 0 Å². The van der Waals surface area contributed by atoms with Crippen LogP contribution < -0.4 is 15.0 Å². The summed E-state index contributed by atoms with van der Waals surface area (Å²) in [6, 6.07) is 5.31. The SMILES string of the molecule is CN1C(=O)[C@@H](NC(=O)n2cc(Cc3cccc(F)n3)cn2)COc2c(F)cc(C#CC(C)(C)CO)cc21. The van der Waals surface area contributed by atoms with Gasteiger partial charge in [0.05, 0.1) is 18.5 Å². The van der Waals surface area contributed by atoms with E-state index in [0.29, 0.717) is 16.8 Å². The highest BCUT2D eigenvalue weighted by atomic mass is 19.1. The van der Waals surface area contributed by atoms with E-state index in [9.17, 15) is 23.5 Å². The molecule has 0 spiro atoms. The Bertz CT molecular complexity index is 1410. The van der Waals surface area contributed by atoms with Gasteiger partial charge in [-0.15, -0.1) is 0 Å². The fraction of sp³-hybridized carbons (Fsp3) is 0.308. The number of aliphatic hydroxyl groups is 1. The fourth-order valence-corrected chi connectivity index (χ4v) is 3.55. The van der Waals surface area contributed by atoms with E-state index in [0.717, 1.165) is 4.68 Å². The maximum Gasteiger partial charge on any atom is 0.342 e. The standard InChI is InChI=1S/C26H25F2N5O4/c1-26(2,15-34)8-7-16-10-19(27)23-21(11-16)32(3)24(35)20(14-37-23)31-25(36)33-13-17(12-29-33)9-18-5-4-6-22(28)30-18/h4-6,10-13,20,34H,9,14-15H2,1-3H3,(H,31,36)/t20-/m0/s1. The summed E-state index contributed by atoms with van der Waals surface area (Å²) in [4.78, 5) is 30.9. The number of amides is 2. The van der Waals surface area contributed by atoms with Crippen LogP contribution in [0.4, 0.5) is 19.3 Å². The van der Waals surface area contributed by atoms with Crippen LogP contribution >= 0.6 is 0 Å². The quantitative estimate of drug-likeness (QED) is 0.413. The van der Waals surface area contributed by atoms with E-state index in [-0.39, 0.29) is 31.1 Å². The number of aromatic nitrogens is 3. The lowest BCUT2D eigenvalue weighted by Gasteiger charge is -2.20. The number of carbonyl (C=O) groups is 2. The van der Waals surface area contributed by atoms with Crippen molar-refractivity contribution in [1.29, 1.82) is 0 Å². The summed E-state index contributed by atoms with van der Waals surface area (Å²) in [7, 11) is 1.45. The minimum atomic E-state index is -1.12. The molecule has 3 aromatic rings. The summed E-state index contributed by atoms with van der Waals surface area (Å²) < 4.78 is 34.8. The summed E-state index contributed by atoms with van der Waals surface area (Å²) in [6.45, 7) is 3.01. The number of pyridine rings is 1. The first-order valence-corrected chi connectivity index (χ1v) is 11.4. The third kappa shape index (κ3) is 5.92. The van der Waals surface area contributed by atoms with Gasteiger partial charge >= 0.3 is 6.03 Å². The molecule has 1 aliphatic heterocycles. The molecule has 2 amide bonds. The zero-order valence-corrected chi connectivity index (χ0v) is 20.5. The monoisotopic (exact) mass is 509 g/mol. The van der Waals surface area contributed by atoms with Crippen molar-refractivity contribution in [2.24, 2.45) is 5.41 Å². The molecule has 192 valence electrons. The first kappa shape index (κ1) is 25.8. The van der Waals surface area contributed by atoms with Crippen molar-refractivity contribution in [2.45, 2.75) is 26.3 Å². The highest BCUT2D eigenvalue weighted by molar-refractivity contribution is 6.00. The van der Waals surface area contributed by atoms with Crippen LogP contribution in [0.3, 0.4) is 0 Å². The average Bonchev–Trinajstić information content (AvgIpc) is 3.29. The number of ether oxygens (including phenoxy) is 1. The van der Waals surface area contributed by atoms with Crippen molar-refractivity contribution in [1.82, 2.24) is 20.1 Å². The Balaban J connectivity index is 1.49. The number of benzene rings is 1.